The number of nitrogens with zero attached hydrogens (tertiary/aromatic N) is 1. The van der Waals surface area contributed by atoms with Gasteiger partial charge in [-0.15, -0.1) is 0 Å². The van der Waals surface area contributed by atoms with Gasteiger partial charge in [-0.25, -0.2) is 14.6 Å². The molecule has 2 amide bonds. The van der Waals surface area contributed by atoms with Gasteiger partial charge in [0.25, 0.3) is 0 Å². The van der Waals surface area contributed by atoms with Crippen LogP contribution in [0, 0.1) is 0 Å². The van der Waals surface area contributed by atoms with Crippen molar-refractivity contribution in [1.29, 1.82) is 0 Å². The predicted molar refractivity (Wildman–Crippen MR) is 52.2 cm³/mol. The van der Waals surface area contributed by atoms with Crippen molar-refractivity contribution in [2.75, 3.05) is 0 Å². The lowest BCUT2D eigenvalue weighted by Crippen LogP contribution is -2.29. The van der Waals surface area contributed by atoms with E-state index in [1.165, 1.54) is 13.1 Å². The second-order valence-electron chi connectivity index (χ2n) is 2.06. The highest BCUT2D eigenvalue weighted by molar-refractivity contribution is 5.82. The van der Waals surface area contributed by atoms with Gasteiger partial charge in [-0.2, -0.15) is 0 Å². The summed E-state index contributed by atoms with van der Waals surface area (Å²) in [6.45, 7) is 6.03. The molecule has 0 spiro atoms. The minimum atomic E-state index is -0.981. The molecule has 0 aliphatic rings. The number of nitrogens with one attached hydrogen (secondary N) is 1. The number of rotatable bonds is 2. The number of carbonyl (C=O) groups is 2. The van der Waals surface area contributed by atoms with Crippen molar-refractivity contribution in [3.8, 4) is 0 Å². The Morgan fingerprint density at radius 3 is 2.21 bits per heavy atom. The first-order valence-electron chi connectivity index (χ1n) is 3.76. The highest BCUT2D eigenvalue weighted by atomic mass is 16.4. The molecule has 0 saturated carbocycles. The summed E-state index contributed by atoms with van der Waals surface area (Å²) in [6.07, 6.45) is 1.36. The van der Waals surface area contributed by atoms with Gasteiger partial charge in [0.2, 0.25) is 0 Å². The van der Waals surface area contributed by atoms with Gasteiger partial charge >= 0.3 is 12.0 Å². The van der Waals surface area contributed by atoms with E-state index in [9.17, 15) is 9.59 Å². The summed E-state index contributed by atoms with van der Waals surface area (Å²) in [7, 11) is 0. The Morgan fingerprint density at radius 2 is 2.00 bits per heavy atom. The summed E-state index contributed by atoms with van der Waals surface area (Å²) < 4.78 is 0. The van der Waals surface area contributed by atoms with E-state index in [-0.39, 0.29) is 0 Å². The summed E-state index contributed by atoms with van der Waals surface area (Å²) in [5.74, 6) is -0.981. The average Bonchev–Trinajstić information content (AvgIpc) is 2.04. The van der Waals surface area contributed by atoms with Crippen LogP contribution in [-0.4, -0.2) is 34.7 Å². The molecule has 0 aliphatic carbocycles. The van der Waals surface area contributed by atoms with Crippen molar-refractivity contribution >= 4 is 18.2 Å². The fourth-order valence-electron chi connectivity index (χ4n) is 0.333. The number of hydrogen-bond acceptors (Lipinski definition) is 3. The number of aliphatic carboxylic acids is 1. The number of hydrogen-bond donors (Lipinski definition) is 3. The molecule has 0 saturated heterocycles. The maximum Gasteiger partial charge on any atom is 0.342 e. The quantitative estimate of drug-likeness (QED) is 0.342. The molecular formula is C8H14N2O4. The lowest BCUT2D eigenvalue weighted by atomic mass is 10.6. The number of urea groups is 1. The molecule has 14 heavy (non-hydrogen) atoms. The molecule has 6 nitrogen and oxygen atoms in total. The van der Waals surface area contributed by atoms with Crippen LogP contribution in [0.2, 0.25) is 0 Å². The molecule has 0 rings (SSSR count). The average molecular weight is 202 g/mol. The molecule has 0 fully saturated rings. The minimum Gasteiger partial charge on any atom is -0.478 e. The van der Waals surface area contributed by atoms with E-state index in [4.69, 9.17) is 10.2 Å². The molecule has 1 atom stereocenters. The van der Waals surface area contributed by atoms with Crippen molar-refractivity contribution in [1.82, 2.24) is 5.32 Å². The molecule has 0 radical (unpaired) electrons. The maximum absolute atomic E-state index is 10.4. The van der Waals surface area contributed by atoms with E-state index >= 15 is 0 Å². The third kappa shape index (κ3) is 16.7. The van der Waals surface area contributed by atoms with Crippen molar-refractivity contribution in [3.63, 3.8) is 0 Å². The summed E-state index contributed by atoms with van der Waals surface area (Å²) >= 11 is 0. The molecular weight excluding hydrogens is 188 g/mol. The Labute approximate surface area is 82.0 Å². The van der Waals surface area contributed by atoms with Crippen LogP contribution in [-0.2, 0) is 4.79 Å². The number of aliphatic hydroxyl groups is 1. The van der Waals surface area contributed by atoms with E-state index < -0.39 is 18.2 Å². The molecule has 6 heteroatoms. The maximum atomic E-state index is 10.4. The minimum absolute atomic E-state index is 0.521. The van der Waals surface area contributed by atoms with Crippen LogP contribution in [0.4, 0.5) is 4.79 Å². The lowest BCUT2D eigenvalue weighted by Gasteiger charge is -2.01. The molecule has 0 aliphatic heterocycles. The Balaban J connectivity index is 0. The van der Waals surface area contributed by atoms with Crippen molar-refractivity contribution in [2.45, 2.75) is 20.1 Å². The van der Waals surface area contributed by atoms with E-state index in [1.54, 1.807) is 6.92 Å². The standard InChI is InChI=1S/C5H10N2O2.C3H4O2/c1-3-6-5(9)7-4(2)8;1-2-3(4)5/h3-4,8H,1-2H3,(H,7,9);2H,1H2,(H,4,5). The highest BCUT2D eigenvalue weighted by Crippen LogP contribution is 1.75. The van der Waals surface area contributed by atoms with Gasteiger partial charge in [0.1, 0.15) is 6.23 Å². The van der Waals surface area contributed by atoms with Gasteiger partial charge in [-0.05, 0) is 13.8 Å². The van der Waals surface area contributed by atoms with Gasteiger partial charge in [0, 0.05) is 12.3 Å². The predicted octanol–water partition coefficient (Wildman–Crippen LogP) is 0.382. The summed E-state index contributed by atoms with van der Waals surface area (Å²) in [5.41, 5.74) is 0. The molecule has 0 bridgehead atoms. The first kappa shape index (κ1) is 14.8. The van der Waals surface area contributed by atoms with E-state index in [1.807, 2.05) is 0 Å². The zero-order valence-corrected chi connectivity index (χ0v) is 8.10. The van der Waals surface area contributed by atoms with Crippen LogP contribution in [0.3, 0.4) is 0 Å². The fourth-order valence-corrected chi connectivity index (χ4v) is 0.333. The zero-order valence-electron chi connectivity index (χ0n) is 8.10. The molecule has 0 aromatic rings. The number of amides is 2. The number of carboxylic acids is 1. The number of aliphatic hydroxyl groups excluding tert-OH is 1. The summed E-state index contributed by atoms with van der Waals surface area (Å²) in [6, 6.07) is -0.521. The van der Waals surface area contributed by atoms with Crippen LogP contribution in [0.1, 0.15) is 13.8 Å². The van der Waals surface area contributed by atoms with Crippen LogP contribution in [0.25, 0.3) is 0 Å². The highest BCUT2D eigenvalue weighted by Gasteiger charge is 1.97. The second kappa shape index (κ2) is 9.40. The number of carbonyl (C=O) groups excluding carboxylic acids is 1. The number of aliphatic imine (C=N–C) groups is 1. The Bertz CT molecular complexity index is 223. The van der Waals surface area contributed by atoms with Gasteiger partial charge in [0.05, 0.1) is 0 Å². The molecule has 3 N–H and O–H groups in total. The van der Waals surface area contributed by atoms with Gasteiger partial charge in [-0.1, -0.05) is 6.58 Å². The third-order valence-corrected chi connectivity index (χ3v) is 0.753. The van der Waals surface area contributed by atoms with Crippen molar-refractivity contribution in [2.24, 2.45) is 4.99 Å². The normalized spacial score (nSPS) is 11.1. The van der Waals surface area contributed by atoms with Gasteiger partial charge < -0.3 is 15.5 Å². The molecule has 1 unspecified atom stereocenters. The van der Waals surface area contributed by atoms with E-state index in [0.29, 0.717) is 0 Å². The smallest absolute Gasteiger partial charge is 0.342 e. The summed E-state index contributed by atoms with van der Waals surface area (Å²) in [4.78, 5) is 23.0. The lowest BCUT2D eigenvalue weighted by molar-refractivity contribution is -0.131. The van der Waals surface area contributed by atoms with Crippen LogP contribution < -0.4 is 5.32 Å². The molecule has 0 heterocycles. The summed E-state index contributed by atoms with van der Waals surface area (Å²) in [5, 5.41) is 18.3. The molecule has 80 valence electrons. The molecule has 0 aromatic carbocycles. The van der Waals surface area contributed by atoms with Crippen LogP contribution >= 0.6 is 0 Å². The van der Waals surface area contributed by atoms with E-state index in [0.717, 1.165) is 6.08 Å². The largest absolute Gasteiger partial charge is 0.478 e. The van der Waals surface area contributed by atoms with E-state index in [2.05, 4.69) is 16.9 Å². The van der Waals surface area contributed by atoms with Gasteiger partial charge in [0.15, 0.2) is 0 Å². The monoisotopic (exact) mass is 202 g/mol. The SMILES string of the molecule is C=CC(=O)O.CC=NC(=O)NC(C)O. The number of carboxylic acid groups (broad SMARTS) is 1. The third-order valence-electron chi connectivity index (χ3n) is 0.753. The zero-order chi connectivity index (χ0) is 11.6. The first-order chi connectivity index (χ1) is 6.43. The molecule has 0 aromatic heterocycles. The first-order valence-corrected chi connectivity index (χ1v) is 3.76. The van der Waals surface area contributed by atoms with Crippen LogP contribution in [0.5, 0.6) is 0 Å². The topological polar surface area (TPSA) is 99.0 Å². The Kier molecular flexibility index (Phi) is 9.94. The fraction of sp³-hybridized carbons (Fsp3) is 0.375. The van der Waals surface area contributed by atoms with Crippen molar-refractivity contribution < 1.29 is 19.8 Å². The van der Waals surface area contributed by atoms with Gasteiger partial charge in [-0.3, -0.25) is 0 Å². The van der Waals surface area contributed by atoms with Crippen molar-refractivity contribution in [3.05, 3.63) is 12.7 Å². The Hall–Kier alpha value is -1.69. The van der Waals surface area contributed by atoms with Crippen LogP contribution in [0.15, 0.2) is 17.6 Å². The Morgan fingerprint density at radius 1 is 1.57 bits per heavy atom. The second-order valence-corrected chi connectivity index (χ2v) is 2.06.